The number of pyridine rings is 1. The van der Waals surface area contributed by atoms with Crippen LogP contribution in [0.2, 0.25) is 0 Å². The highest BCUT2D eigenvalue weighted by Gasteiger charge is 2.09. The molecule has 0 atom stereocenters. The Balaban J connectivity index is 2.10. The van der Waals surface area contributed by atoms with Crippen LogP contribution in [0.15, 0.2) is 48.7 Å². The molecule has 4 heteroatoms. The van der Waals surface area contributed by atoms with Crippen LogP contribution in [0.1, 0.15) is 6.92 Å². The van der Waals surface area contributed by atoms with E-state index in [0.29, 0.717) is 12.4 Å². The molecule has 2 aromatic rings. The van der Waals surface area contributed by atoms with Crippen LogP contribution >= 0.6 is 0 Å². The van der Waals surface area contributed by atoms with Gasteiger partial charge in [0.25, 0.3) is 0 Å². The van der Waals surface area contributed by atoms with Crippen molar-refractivity contribution in [3.05, 3.63) is 48.7 Å². The lowest BCUT2D eigenvalue weighted by atomic mass is 10.2. The fourth-order valence-electron chi connectivity index (χ4n) is 1.65. The Morgan fingerprint density at radius 1 is 1.32 bits per heavy atom. The minimum Gasteiger partial charge on any atom is -0.486 e. The van der Waals surface area contributed by atoms with Gasteiger partial charge >= 0.3 is 5.97 Å². The second-order valence-corrected chi connectivity index (χ2v) is 3.94. The second kappa shape index (κ2) is 6.00. The molecule has 4 nitrogen and oxygen atoms in total. The maximum Gasteiger partial charge on any atom is 0.336 e. The molecule has 0 N–H and O–H groups in total. The molecule has 0 aliphatic rings. The Labute approximate surface area is 111 Å². The molecule has 0 saturated carbocycles. The van der Waals surface area contributed by atoms with Gasteiger partial charge in [0, 0.05) is 11.6 Å². The maximum absolute atomic E-state index is 11.4. The van der Waals surface area contributed by atoms with Gasteiger partial charge in [-0.15, -0.1) is 0 Å². The van der Waals surface area contributed by atoms with E-state index in [1.807, 2.05) is 30.3 Å². The van der Waals surface area contributed by atoms with Gasteiger partial charge in [0.1, 0.15) is 17.9 Å². The van der Waals surface area contributed by atoms with E-state index >= 15 is 0 Å². The first-order valence-corrected chi connectivity index (χ1v) is 6.04. The van der Waals surface area contributed by atoms with Gasteiger partial charge in [0.05, 0.1) is 12.2 Å². The Morgan fingerprint density at radius 2 is 2.11 bits per heavy atom. The normalized spacial score (nSPS) is 10.2. The van der Waals surface area contributed by atoms with Gasteiger partial charge in [-0.1, -0.05) is 24.8 Å². The van der Waals surface area contributed by atoms with Crippen LogP contribution < -0.4 is 4.74 Å². The van der Waals surface area contributed by atoms with Crippen LogP contribution in [0.5, 0.6) is 5.75 Å². The quantitative estimate of drug-likeness (QED) is 0.610. The van der Waals surface area contributed by atoms with Crippen molar-refractivity contribution >= 4 is 16.9 Å². The summed E-state index contributed by atoms with van der Waals surface area (Å²) < 4.78 is 10.4. The van der Waals surface area contributed by atoms with Crippen molar-refractivity contribution in [2.75, 3.05) is 13.2 Å². The number of benzene rings is 1. The Bertz CT molecular complexity index is 602. The first-order valence-electron chi connectivity index (χ1n) is 6.04. The van der Waals surface area contributed by atoms with Crippen molar-refractivity contribution in [1.82, 2.24) is 4.98 Å². The number of nitrogens with zero attached hydrogens (tertiary/aromatic N) is 1. The number of hydrogen-bond acceptors (Lipinski definition) is 4. The van der Waals surface area contributed by atoms with Crippen LogP contribution in [0, 0.1) is 0 Å². The Morgan fingerprint density at radius 3 is 2.89 bits per heavy atom. The van der Waals surface area contributed by atoms with Crippen molar-refractivity contribution in [2.45, 2.75) is 6.92 Å². The van der Waals surface area contributed by atoms with E-state index in [2.05, 4.69) is 11.6 Å². The lowest BCUT2D eigenvalue weighted by molar-refractivity contribution is -0.138. The monoisotopic (exact) mass is 257 g/mol. The number of esters is 1. The standard InChI is InChI=1S/C15H15NO3/c1-3-18-15(17)11(2)10-19-13-8-4-6-12-7-5-9-16-14(12)13/h4-9H,2-3,10H2,1H3. The second-order valence-electron chi connectivity index (χ2n) is 3.94. The average molecular weight is 257 g/mol. The Hall–Kier alpha value is -2.36. The predicted molar refractivity (Wildman–Crippen MR) is 73.0 cm³/mol. The number of fused-ring (bicyclic) bond motifs is 1. The Kier molecular flexibility index (Phi) is 4.13. The van der Waals surface area contributed by atoms with Crippen molar-refractivity contribution in [3.63, 3.8) is 0 Å². The molecule has 0 spiro atoms. The molecule has 0 aliphatic carbocycles. The molecule has 0 fully saturated rings. The average Bonchev–Trinajstić information content (AvgIpc) is 2.45. The lowest BCUT2D eigenvalue weighted by Gasteiger charge is -2.09. The van der Waals surface area contributed by atoms with Gasteiger partial charge in [0.15, 0.2) is 0 Å². The highest BCUT2D eigenvalue weighted by molar-refractivity contribution is 5.88. The van der Waals surface area contributed by atoms with Gasteiger partial charge in [-0.3, -0.25) is 4.98 Å². The maximum atomic E-state index is 11.4. The highest BCUT2D eigenvalue weighted by atomic mass is 16.5. The third kappa shape index (κ3) is 3.10. The molecule has 0 amide bonds. The third-order valence-electron chi connectivity index (χ3n) is 2.56. The first kappa shape index (κ1) is 13.1. The molecule has 1 aromatic carbocycles. The van der Waals surface area contributed by atoms with E-state index in [1.165, 1.54) is 0 Å². The SMILES string of the molecule is C=C(COc1cccc2cccnc12)C(=O)OCC. The van der Waals surface area contributed by atoms with Crippen LogP contribution in [0.4, 0.5) is 0 Å². The van der Waals surface area contributed by atoms with Crippen molar-refractivity contribution < 1.29 is 14.3 Å². The molecule has 2 rings (SSSR count). The number of ether oxygens (including phenoxy) is 2. The zero-order valence-electron chi connectivity index (χ0n) is 10.8. The molecule has 0 bridgehead atoms. The van der Waals surface area contributed by atoms with Crippen molar-refractivity contribution in [1.29, 1.82) is 0 Å². The van der Waals surface area contributed by atoms with Gasteiger partial charge < -0.3 is 9.47 Å². The highest BCUT2D eigenvalue weighted by Crippen LogP contribution is 2.23. The largest absolute Gasteiger partial charge is 0.486 e. The molecule has 1 heterocycles. The van der Waals surface area contributed by atoms with Gasteiger partial charge in [0.2, 0.25) is 0 Å². The fourth-order valence-corrected chi connectivity index (χ4v) is 1.65. The van der Waals surface area contributed by atoms with Gasteiger partial charge in [-0.25, -0.2) is 4.79 Å². The van der Waals surface area contributed by atoms with E-state index in [9.17, 15) is 4.79 Å². The summed E-state index contributed by atoms with van der Waals surface area (Å²) in [6.45, 7) is 5.82. The summed E-state index contributed by atoms with van der Waals surface area (Å²) in [5, 5.41) is 0.988. The zero-order valence-corrected chi connectivity index (χ0v) is 10.8. The van der Waals surface area contributed by atoms with Crippen molar-refractivity contribution in [2.24, 2.45) is 0 Å². The van der Waals surface area contributed by atoms with Gasteiger partial charge in [-0.05, 0) is 19.1 Å². The molecule has 0 saturated heterocycles. The molecule has 0 unspecified atom stereocenters. The molecular formula is C15H15NO3. The van der Waals surface area contributed by atoms with Gasteiger partial charge in [-0.2, -0.15) is 0 Å². The number of hydrogen-bond donors (Lipinski definition) is 0. The van der Waals surface area contributed by atoms with Crippen LogP contribution in [-0.2, 0) is 9.53 Å². The van der Waals surface area contributed by atoms with Crippen LogP contribution in [0.3, 0.4) is 0 Å². The summed E-state index contributed by atoms with van der Waals surface area (Å²) >= 11 is 0. The summed E-state index contributed by atoms with van der Waals surface area (Å²) in [6, 6.07) is 9.47. The minimum absolute atomic E-state index is 0.0918. The number of aromatic nitrogens is 1. The minimum atomic E-state index is -0.435. The van der Waals surface area contributed by atoms with Crippen LogP contribution in [-0.4, -0.2) is 24.2 Å². The molecule has 1 aromatic heterocycles. The smallest absolute Gasteiger partial charge is 0.336 e. The van der Waals surface area contributed by atoms with E-state index in [-0.39, 0.29) is 12.2 Å². The first-order chi connectivity index (χ1) is 9.22. The third-order valence-corrected chi connectivity index (χ3v) is 2.56. The summed E-state index contributed by atoms with van der Waals surface area (Å²) in [4.78, 5) is 15.7. The van der Waals surface area contributed by atoms with Crippen LogP contribution in [0.25, 0.3) is 10.9 Å². The number of carbonyl (C=O) groups excluding carboxylic acids is 1. The topological polar surface area (TPSA) is 48.4 Å². The summed E-state index contributed by atoms with van der Waals surface area (Å²) in [7, 11) is 0. The molecule has 98 valence electrons. The zero-order chi connectivity index (χ0) is 13.7. The molecule has 0 radical (unpaired) electrons. The summed E-state index contributed by atoms with van der Waals surface area (Å²) in [5.41, 5.74) is 1.05. The van der Waals surface area contributed by atoms with E-state index in [4.69, 9.17) is 9.47 Å². The van der Waals surface area contributed by atoms with E-state index in [0.717, 1.165) is 10.9 Å². The number of rotatable bonds is 5. The van der Waals surface area contributed by atoms with E-state index < -0.39 is 5.97 Å². The lowest BCUT2D eigenvalue weighted by Crippen LogP contribution is -2.13. The predicted octanol–water partition coefficient (Wildman–Crippen LogP) is 2.73. The number of para-hydroxylation sites is 1. The fraction of sp³-hybridized carbons (Fsp3) is 0.200. The molecule has 0 aliphatic heterocycles. The summed E-state index contributed by atoms with van der Waals surface area (Å²) in [5.74, 6) is 0.194. The summed E-state index contributed by atoms with van der Waals surface area (Å²) in [6.07, 6.45) is 1.70. The molecule has 19 heavy (non-hydrogen) atoms. The number of carbonyl (C=O) groups is 1. The van der Waals surface area contributed by atoms with E-state index in [1.54, 1.807) is 13.1 Å². The molecular weight excluding hydrogens is 242 g/mol. The van der Waals surface area contributed by atoms with Crippen molar-refractivity contribution in [3.8, 4) is 5.75 Å².